The van der Waals surface area contributed by atoms with E-state index in [4.69, 9.17) is 5.11 Å². The van der Waals surface area contributed by atoms with Gasteiger partial charge in [0.1, 0.15) is 0 Å². The van der Waals surface area contributed by atoms with Crippen molar-refractivity contribution in [3.05, 3.63) is 29.8 Å². The molecule has 1 aromatic rings. The average molecular weight is 320 g/mol. The number of hydrogen-bond acceptors (Lipinski definition) is 3. The summed E-state index contributed by atoms with van der Waals surface area (Å²) in [6, 6.07) is 6.46. The third-order valence-electron chi connectivity index (χ3n) is 3.06. The van der Waals surface area contributed by atoms with Crippen LogP contribution in [0.5, 0.6) is 0 Å². The predicted molar refractivity (Wildman–Crippen MR) is 88.1 cm³/mol. The summed E-state index contributed by atoms with van der Waals surface area (Å²) < 4.78 is 0. The van der Waals surface area contributed by atoms with Crippen LogP contribution >= 0.6 is 0 Å². The SMILES string of the molecule is CC(C)CC(=O)NC(C)CC(=O)Nc1cccc(CC(=O)O)c1. The fourth-order valence-electron chi connectivity index (χ4n) is 2.18. The zero-order valence-electron chi connectivity index (χ0n) is 13.8. The average Bonchev–Trinajstić information content (AvgIpc) is 2.36. The number of carbonyl (C=O) groups excluding carboxylic acids is 2. The normalized spacial score (nSPS) is 11.8. The molecule has 6 nitrogen and oxygen atoms in total. The van der Waals surface area contributed by atoms with Gasteiger partial charge in [0, 0.05) is 24.6 Å². The third-order valence-corrected chi connectivity index (χ3v) is 3.06. The number of amides is 2. The molecule has 0 fully saturated rings. The smallest absolute Gasteiger partial charge is 0.307 e. The van der Waals surface area contributed by atoms with Gasteiger partial charge in [-0.2, -0.15) is 0 Å². The molecule has 0 spiro atoms. The number of carbonyl (C=O) groups is 3. The topological polar surface area (TPSA) is 95.5 Å². The number of aliphatic carboxylic acids is 1. The van der Waals surface area contributed by atoms with Gasteiger partial charge in [-0.25, -0.2) is 0 Å². The van der Waals surface area contributed by atoms with Crippen molar-refractivity contribution < 1.29 is 19.5 Å². The van der Waals surface area contributed by atoms with Crippen LogP contribution in [0.15, 0.2) is 24.3 Å². The molecule has 1 unspecified atom stereocenters. The molecule has 0 saturated heterocycles. The van der Waals surface area contributed by atoms with Gasteiger partial charge in [-0.15, -0.1) is 0 Å². The van der Waals surface area contributed by atoms with Gasteiger partial charge in [-0.1, -0.05) is 26.0 Å². The van der Waals surface area contributed by atoms with Crippen molar-refractivity contribution in [1.82, 2.24) is 5.32 Å². The van der Waals surface area contributed by atoms with Crippen molar-refractivity contribution in [3.63, 3.8) is 0 Å². The second-order valence-corrected chi connectivity index (χ2v) is 6.09. The molecule has 1 atom stereocenters. The lowest BCUT2D eigenvalue weighted by atomic mass is 10.1. The molecule has 3 N–H and O–H groups in total. The van der Waals surface area contributed by atoms with Gasteiger partial charge >= 0.3 is 5.97 Å². The number of hydrogen-bond donors (Lipinski definition) is 3. The molecular formula is C17H24N2O4. The molecule has 0 bridgehead atoms. The molecule has 6 heteroatoms. The van der Waals surface area contributed by atoms with E-state index in [2.05, 4.69) is 10.6 Å². The maximum absolute atomic E-state index is 12.0. The van der Waals surface area contributed by atoms with E-state index < -0.39 is 5.97 Å². The molecule has 1 aromatic carbocycles. The molecule has 0 aliphatic carbocycles. The summed E-state index contributed by atoms with van der Waals surface area (Å²) in [6.45, 7) is 5.70. The molecule has 0 aliphatic rings. The highest BCUT2D eigenvalue weighted by Gasteiger charge is 2.13. The second kappa shape index (κ2) is 8.92. The first-order valence-electron chi connectivity index (χ1n) is 7.66. The predicted octanol–water partition coefficient (Wildman–Crippen LogP) is 2.19. The zero-order valence-corrected chi connectivity index (χ0v) is 13.8. The Hall–Kier alpha value is -2.37. The Morgan fingerprint density at radius 3 is 2.39 bits per heavy atom. The minimum absolute atomic E-state index is 0.0660. The van der Waals surface area contributed by atoms with Crippen molar-refractivity contribution in [2.75, 3.05) is 5.32 Å². The van der Waals surface area contributed by atoms with Crippen molar-refractivity contribution >= 4 is 23.5 Å². The molecule has 0 aromatic heterocycles. The van der Waals surface area contributed by atoms with E-state index in [-0.39, 0.29) is 36.6 Å². The summed E-state index contributed by atoms with van der Waals surface area (Å²) in [5, 5.41) is 14.3. The number of benzene rings is 1. The monoisotopic (exact) mass is 320 g/mol. The minimum Gasteiger partial charge on any atom is -0.481 e. The molecule has 0 radical (unpaired) electrons. The summed E-state index contributed by atoms with van der Waals surface area (Å²) >= 11 is 0. The van der Waals surface area contributed by atoms with Crippen molar-refractivity contribution in [2.45, 2.75) is 46.1 Å². The van der Waals surface area contributed by atoms with E-state index in [0.717, 1.165) is 0 Å². The van der Waals surface area contributed by atoms with Crippen molar-refractivity contribution in [2.24, 2.45) is 5.92 Å². The van der Waals surface area contributed by atoms with E-state index >= 15 is 0 Å². The van der Waals surface area contributed by atoms with Gasteiger partial charge in [0.2, 0.25) is 11.8 Å². The first-order chi connectivity index (χ1) is 10.8. The van der Waals surface area contributed by atoms with Gasteiger partial charge < -0.3 is 15.7 Å². The lowest BCUT2D eigenvalue weighted by Gasteiger charge is -2.15. The van der Waals surface area contributed by atoms with E-state index in [1.807, 2.05) is 13.8 Å². The quantitative estimate of drug-likeness (QED) is 0.684. The Morgan fingerprint density at radius 2 is 1.78 bits per heavy atom. The first-order valence-corrected chi connectivity index (χ1v) is 7.66. The maximum Gasteiger partial charge on any atom is 0.307 e. The highest BCUT2D eigenvalue weighted by atomic mass is 16.4. The van der Waals surface area contributed by atoms with Crippen LogP contribution in [0.2, 0.25) is 0 Å². The summed E-state index contributed by atoms with van der Waals surface area (Å²) in [4.78, 5) is 34.3. The molecule has 0 heterocycles. The van der Waals surface area contributed by atoms with E-state index in [0.29, 0.717) is 17.7 Å². The number of carboxylic acid groups (broad SMARTS) is 1. The second-order valence-electron chi connectivity index (χ2n) is 6.09. The number of nitrogens with one attached hydrogen (secondary N) is 2. The Bertz CT molecular complexity index is 569. The Kier molecular flexibility index (Phi) is 7.25. The highest BCUT2D eigenvalue weighted by Crippen LogP contribution is 2.12. The molecule has 2 amide bonds. The zero-order chi connectivity index (χ0) is 17.4. The lowest BCUT2D eigenvalue weighted by Crippen LogP contribution is -2.35. The van der Waals surface area contributed by atoms with E-state index in [9.17, 15) is 14.4 Å². The van der Waals surface area contributed by atoms with Crippen molar-refractivity contribution in [3.8, 4) is 0 Å². The van der Waals surface area contributed by atoms with Crippen LogP contribution in [-0.4, -0.2) is 28.9 Å². The van der Waals surface area contributed by atoms with Crippen LogP contribution in [0.1, 0.15) is 39.2 Å². The fraction of sp³-hybridized carbons (Fsp3) is 0.471. The molecule has 126 valence electrons. The summed E-state index contributed by atoms with van der Waals surface area (Å²) in [5.74, 6) is -0.943. The van der Waals surface area contributed by atoms with Crippen LogP contribution in [-0.2, 0) is 20.8 Å². The van der Waals surface area contributed by atoms with Crippen LogP contribution in [0.4, 0.5) is 5.69 Å². The van der Waals surface area contributed by atoms with Crippen LogP contribution in [0.25, 0.3) is 0 Å². The fourth-order valence-corrected chi connectivity index (χ4v) is 2.18. The van der Waals surface area contributed by atoms with Crippen LogP contribution < -0.4 is 10.6 Å². The number of rotatable bonds is 8. The summed E-state index contributed by atoms with van der Waals surface area (Å²) in [7, 11) is 0. The molecule has 0 aliphatic heterocycles. The summed E-state index contributed by atoms with van der Waals surface area (Å²) in [6.07, 6.45) is 0.502. The van der Waals surface area contributed by atoms with E-state index in [1.54, 1.807) is 31.2 Å². The van der Waals surface area contributed by atoms with E-state index in [1.165, 1.54) is 0 Å². The van der Waals surface area contributed by atoms with Gasteiger partial charge in [-0.05, 0) is 30.5 Å². The molecular weight excluding hydrogens is 296 g/mol. The van der Waals surface area contributed by atoms with Crippen LogP contribution in [0.3, 0.4) is 0 Å². The standard InChI is InChI=1S/C17H24N2O4/c1-11(2)7-15(20)18-12(3)8-16(21)19-14-6-4-5-13(9-14)10-17(22)23/h4-6,9,11-12H,7-8,10H2,1-3H3,(H,18,20)(H,19,21)(H,22,23). The Morgan fingerprint density at radius 1 is 1.09 bits per heavy atom. The molecule has 0 saturated carbocycles. The van der Waals surface area contributed by atoms with Crippen LogP contribution in [0, 0.1) is 5.92 Å². The molecule has 1 rings (SSSR count). The molecule has 23 heavy (non-hydrogen) atoms. The first kappa shape index (κ1) is 18.7. The van der Waals surface area contributed by atoms with Gasteiger partial charge in [0.25, 0.3) is 0 Å². The largest absolute Gasteiger partial charge is 0.481 e. The highest BCUT2D eigenvalue weighted by molar-refractivity contribution is 5.91. The third kappa shape index (κ3) is 7.99. The lowest BCUT2D eigenvalue weighted by molar-refractivity contribution is -0.136. The minimum atomic E-state index is -0.921. The van der Waals surface area contributed by atoms with Gasteiger partial charge in [0.05, 0.1) is 6.42 Å². The Balaban J connectivity index is 2.50. The van der Waals surface area contributed by atoms with Crippen molar-refractivity contribution in [1.29, 1.82) is 0 Å². The number of anilines is 1. The maximum atomic E-state index is 12.0. The van der Waals surface area contributed by atoms with Gasteiger partial charge in [-0.3, -0.25) is 14.4 Å². The van der Waals surface area contributed by atoms with Gasteiger partial charge in [0.15, 0.2) is 0 Å². The number of carboxylic acids is 1. The Labute approximate surface area is 136 Å². The summed E-state index contributed by atoms with van der Waals surface area (Å²) in [5.41, 5.74) is 1.17.